The van der Waals surface area contributed by atoms with E-state index in [-0.39, 0.29) is 5.54 Å². The standard InChI is InChI=1S/C19H39NO2/c1-6-7-8-9-10-11-12-13-14-15-19(4,5)20-16-18(2,3)17(21)22/h20H,6-16H2,1-5H3,(H,21,22). The maximum atomic E-state index is 11.1. The number of carboxylic acids is 1. The smallest absolute Gasteiger partial charge is 0.310 e. The van der Waals surface area contributed by atoms with Gasteiger partial charge in [-0.2, -0.15) is 0 Å². The van der Waals surface area contributed by atoms with Gasteiger partial charge in [-0.25, -0.2) is 0 Å². The Morgan fingerprint density at radius 3 is 1.77 bits per heavy atom. The Morgan fingerprint density at radius 2 is 1.32 bits per heavy atom. The van der Waals surface area contributed by atoms with Crippen LogP contribution in [0.1, 0.15) is 98.8 Å². The first kappa shape index (κ1) is 21.4. The van der Waals surface area contributed by atoms with Crippen molar-refractivity contribution in [2.24, 2.45) is 5.41 Å². The van der Waals surface area contributed by atoms with Crippen molar-refractivity contribution in [3.63, 3.8) is 0 Å². The number of nitrogens with one attached hydrogen (secondary N) is 1. The molecule has 3 nitrogen and oxygen atoms in total. The molecule has 0 saturated heterocycles. The number of hydrogen-bond donors (Lipinski definition) is 2. The van der Waals surface area contributed by atoms with Crippen LogP contribution in [0.25, 0.3) is 0 Å². The molecule has 0 aliphatic carbocycles. The lowest BCUT2D eigenvalue weighted by molar-refractivity contribution is -0.146. The number of unbranched alkanes of at least 4 members (excludes halogenated alkanes) is 8. The number of rotatable bonds is 14. The molecule has 132 valence electrons. The van der Waals surface area contributed by atoms with Crippen LogP contribution in [0.4, 0.5) is 0 Å². The van der Waals surface area contributed by atoms with Crippen molar-refractivity contribution in [3.05, 3.63) is 0 Å². The predicted octanol–water partition coefficient (Wildman–Crippen LogP) is 5.39. The molecule has 0 bridgehead atoms. The molecular formula is C19H39NO2. The van der Waals surface area contributed by atoms with Gasteiger partial charge in [0.1, 0.15) is 0 Å². The van der Waals surface area contributed by atoms with E-state index >= 15 is 0 Å². The van der Waals surface area contributed by atoms with E-state index in [9.17, 15) is 4.79 Å². The number of hydrogen-bond acceptors (Lipinski definition) is 2. The summed E-state index contributed by atoms with van der Waals surface area (Å²) in [7, 11) is 0. The lowest BCUT2D eigenvalue weighted by atomic mass is 9.90. The lowest BCUT2D eigenvalue weighted by Gasteiger charge is -2.30. The second-order valence-electron chi connectivity index (χ2n) is 8.00. The van der Waals surface area contributed by atoms with E-state index in [0.29, 0.717) is 6.54 Å². The molecule has 0 unspecified atom stereocenters. The van der Waals surface area contributed by atoms with Crippen LogP contribution in [0.15, 0.2) is 0 Å². The zero-order chi connectivity index (χ0) is 17.1. The highest BCUT2D eigenvalue weighted by molar-refractivity contribution is 5.73. The van der Waals surface area contributed by atoms with Gasteiger partial charge in [0.25, 0.3) is 0 Å². The minimum Gasteiger partial charge on any atom is -0.481 e. The van der Waals surface area contributed by atoms with E-state index < -0.39 is 11.4 Å². The molecule has 2 N–H and O–H groups in total. The van der Waals surface area contributed by atoms with Gasteiger partial charge >= 0.3 is 5.97 Å². The van der Waals surface area contributed by atoms with Gasteiger partial charge in [0.05, 0.1) is 5.41 Å². The van der Waals surface area contributed by atoms with Crippen molar-refractivity contribution in [2.75, 3.05) is 6.54 Å². The highest BCUT2D eigenvalue weighted by atomic mass is 16.4. The fourth-order valence-electron chi connectivity index (χ4n) is 2.50. The Morgan fingerprint density at radius 1 is 0.864 bits per heavy atom. The second kappa shape index (κ2) is 11.0. The number of carbonyl (C=O) groups is 1. The fraction of sp³-hybridized carbons (Fsp3) is 0.947. The zero-order valence-electron chi connectivity index (χ0n) is 15.6. The van der Waals surface area contributed by atoms with Gasteiger partial charge in [-0.3, -0.25) is 4.79 Å². The molecular weight excluding hydrogens is 274 g/mol. The molecule has 0 fully saturated rings. The third-order valence-electron chi connectivity index (χ3n) is 4.49. The Kier molecular flexibility index (Phi) is 10.8. The molecule has 22 heavy (non-hydrogen) atoms. The van der Waals surface area contributed by atoms with Crippen molar-refractivity contribution in [3.8, 4) is 0 Å². The molecule has 3 heteroatoms. The van der Waals surface area contributed by atoms with Gasteiger partial charge < -0.3 is 10.4 Å². The maximum absolute atomic E-state index is 11.1. The Bertz CT molecular complexity index is 298. The summed E-state index contributed by atoms with van der Waals surface area (Å²) in [6.07, 6.45) is 13.2. The van der Waals surface area contributed by atoms with Crippen molar-refractivity contribution in [1.82, 2.24) is 5.32 Å². The van der Waals surface area contributed by atoms with Gasteiger partial charge in [0.2, 0.25) is 0 Å². The Labute approximate surface area is 138 Å². The Hall–Kier alpha value is -0.570. The molecule has 0 atom stereocenters. The zero-order valence-corrected chi connectivity index (χ0v) is 15.6. The van der Waals surface area contributed by atoms with Crippen molar-refractivity contribution in [1.29, 1.82) is 0 Å². The average Bonchev–Trinajstić information content (AvgIpc) is 2.43. The van der Waals surface area contributed by atoms with Crippen molar-refractivity contribution in [2.45, 2.75) is 104 Å². The van der Waals surface area contributed by atoms with Gasteiger partial charge in [0, 0.05) is 12.1 Å². The van der Waals surface area contributed by atoms with Crippen molar-refractivity contribution >= 4 is 5.97 Å². The molecule has 0 amide bonds. The van der Waals surface area contributed by atoms with Gasteiger partial charge in [-0.1, -0.05) is 64.7 Å². The summed E-state index contributed by atoms with van der Waals surface area (Å²) in [5.41, 5.74) is -0.677. The molecule has 0 heterocycles. The van der Waals surface area contributed by atoms with Crippen LogP contribution < -0.4 is 5.32 Å². The summed E-state index contributed by atoms with van der Waals surface area (Å²) in [6, 6.07) is 0. The van der Waals surface area contributed by atoms with Crippen LogP contribution in [0.2, 0.25) is 0 Å². The molecule has 0 aromatic rings. The average molecular weight is 314 g/mol. The minimum absolute atomic E-state index is 0.0217. The van der Waals surface area contributed by atoms with E-state index in [1.165, 1.54) is 57.8 Å². The molecule has 0 spiro atoms. The van der Waals surface area contributed by atoms with Gasteiger partial charge in [0.15, 0.2) is 0 Å². The molecule has 0 saturated carbocycles. The van der Waals surface area contributed by atoms with Crippen LogP contribution in [0, 0.1) is 5.41 Å². The summed E-state index contributed by atoms with van der Waals surface area (Å²) >= 11 is 0. The molecule has 0 aliphatic heterocycles. The van der Waals surface area contributed by atoms with Crippen LogP contribution in [0.5, 0.6) is 0 Å². The summed E-state index contributed by atoms with van der Waals surface area (Å²) in [5, 5.41) is 12.6. The molecule has 0 radical (unpaired) electrons. The van der Waals surface area contributed by atoms with Crippen LogP contribution in [-0.2, 0) is 4.79 Å². The maximum Gasteiger partial charge on any atom is 0.310 e. The summed E-state index contributed by atoms with van der Waals surface area (Å²) in [5.74, 6) is -0.737. The third-order valence-corrected chi connectivity index (χ3v) is 4.49. The monoisotopic (exact) mass is 313 g/mol. The molecule has 0 aromatic heterocycles. The first-order chi connectivity index (χ1) is 10.2. The minimum atomic E-state index is -0.737. The highest BCUT2D eigenvalue weighted by Gasteiger charge is 2.29. The Balaban J connectivity index is 3.66. The first-order valence-corrected chi connectivity index (χ1v) is 9.20. The third kappa shape index (κ3) is 11.1. The summed E-state index contributed by atoms with van der Waals surface area (Å²) in [4.78, 5) is 11.1. The van der Waals surface area contributed by atoms with E-state index in [0.717, 1.165) is 6.42 Å². The van der Waals surface area contributed by atoms with Crippen LogP contribution in [0.3, 0.4) is 0 Å². The van der Waals surface area contributed by atoms with Gasteiger partial charge in [-0.15, -0.1) is 0 Å². The van der Waals surface area contributed by atoms with Crippen LogP contribution in [-0.4, -0.2) is 23.2 Å². The SMILES string of the molecule is CCCCCCCCCCCC(C)(C)NCC(C)(C)C(=O)O. The molecule has 0 rings (SSSR count). The van der Waals surface area contributed by atoms with Crippen LogP contribution >= 0.6 is 0 Å². The second-order valence-corrected chi connectivity index (χ2v) is 8.00. The number of carboxylic acid groups (broad SMARTS) is 1. The molecule has 0 aromatic carbocycles. The normalized spacial score (nSPS) is 12.6. The predicted molar refractivity (Wildman–Crippen MR) is 95.3 cm³/mol. The van der Waals surface area contributed by atoms with Gasteiger partial charge in [-0.05, 0) is 34.1 Å². The van der Waals surface area contributed by atoms with E-state index in [2.05, 4.69) is 26.1 Å². The van der Waals surface area contributed by atoms with E-state index in [1.807, 2.05) is 0 Å². The highest BCUT2D eigenvalue weighted by Crippen LogP contribution is 2.19. The quantitative estimate of drug-likeness (QED) is 0.423. The fourth-order valence-corrected chi connectivity index (χ4v) is 2.50. The molecule has 0 aliphatic rings. The lowest BCUT2D eigenvalue weighted by Crippen LogP contribution is -2.46. The number of aliphatic carboxylic acids is 1. The van der Waals surface area contributed by atoms with E-state index in [1.54, 1.807) is 13.8 Å². The van der Waals surface area contributed by atoms with Crippen molar-refractivity contribution < 1.29 is 9.90 Å². The topological polar surface area (TPSA) is 49.3 Å². The summed E-state index contributed by atoms with van der Waals surface area (Å²) < 4.78 is 0. The summed E-state index contributed by atoms with van der Waals surface area (Å²) in [6.45, 7) is 10.7. The largest absolute Gasteiger partial charge is 0.481 e. The first-order valence-electron chi connectivity index (χ1n) is 9.20. The van der Waals surface area contributed by atoms with E-state index in [4.69, 9.17) is 5.11 Å².